The highest BCUT2D eigenvalue weighted by Crippen LogP contribution is 2.26. The molecule has 3 aromatic rings. The Balaban J connectivity index is 1.71. The summed E-state index contributed by atoms with van der Waals surface area (Å²) in [5, 5.41) is 5.91. The van der Waals surface area contributed by atoms with E-state index in [1.54, 1.807) is 30.3 Å². The lowest BCUT2D eigenvalue weighted by atomic mass is 10.00. The maximum Gasteiger partial charge on any atom is 0.434 e. The molecule has 0 aliphatic heterocycles. The fourth-order valence-electron chi connectivity index (χ4n) is 2.74. The minimum absolute atomic E-state index is 0.0109. The Labute approximate surface area is 169 Å². The number of benzene rings is 2. The van der Waals surface area contributed by atoms with E-state index in [2.05, 4.69) is 28.8 Å². The van der Waals surface area contributed by atoms with Crippen LogP contribution >= 0.6 is 0 Å². The minimum atomic E-state index is -3.57. The summed E-state index contributed by atoms with van der Waals surface area (Å²) in [7, 11) is -3.57. The molecule has 0 aliphatic carbocycles. The number of rotatable bonds is 9. The summed E-state index contributed by atoms with van der Waals surface area (Å²) >= 11 is 0. The minimum Gasteiger partial charge on any atom is -0.484 e. The van der Waals surface area contributed by atoms with Gasteiger partial charge in [0.05, 0.1) is 4.90 Å². The fraction of sp³-hybridized carbons (Fsp3) is 0.300. The number of nitrogens with one attached hydrogen (secondary N) is 2. The summed E-state index contributed by atoms with van der Waals surface area (Å²) in [6.07, 6.45) is 0.435. The lowest BCUT2D eigenvalue weighted by Crippen LogP contribution is -2.26. The molecule has 0 saturated carbocycles. The van der Waals surface area contributed by atoms with Gasteiger partial charge in [0.25, 0.3) is 5.89 Å². The van der Waals surface area contributed by atoms with Crippen molar-refractivity contribution in [3.63, 3.8) is 0 Å². The number of ether oxygens (including phenoxy) is 1. The molecule has 1 heterocycles. The quantitative estimate of drug-likeness (QED) is 0.553. The second kappa shape index (κ2) is 9.06. The molecule has 0 unspecified atom stereocenters. The van der Waals surface area contributed by atoms with Crippen LogP contribution in [0.25, 0.3) is 0 Å². The van der Waals surface area contributed by atoms with Crippen molar-refractivity contribution < 1.29 is 17.6 Å². The Kier molecular flexibility index (Phi) is 6.50. The zero-order valence-electron chi connectivity index (χ0n) is 16.2. The maximum absolute atomic E-state index is 12.4. The van der Waals surface area contributed by atoms with Crippen molar-refractivity contribution >= 4 is 10.0 Å². The van der Waals surface area contributed by atoms with Crippen molar-refractivity contribution in [2.45, 2.75) is 37.7 Å². The number of H-pyrrole nitrogens is 1. The fourth-order valence-corrected chi connectivity index (χ4v) is 3.79. The summed E-state index contributed by atoms with van der Waals surface area (Å²) in [5.41, 5.74) is 1.92. The first kappa shape index (κ1) is 20.8. The summed E-state index contributed by atoms with van der Waals surface area (Å²) in [5.74, 6) is 0.391. The Morgan fingerprint density at radius 3 is 2.59 bits per heavy atom. The van der Waals surface area contributed by atoms with Crippen LogP contribution in [0.5, 0.6) is 5.75 Å². The van der Waals surface area contributed by atoms with Crippen molar-refractivity contribution in [2.24, 2.45) is 0 Å². The second-order valence-electron chi connectivity index (χ2n) is 6.78. The predicted octanol–water partition coefficient (Wildman–Crippen LogP) is 2.59. The largest absolute Gasteiger partial charge is 0.484 e. The molecule has 1 aromatic heterocycles. The molecular weight excluding hydrogens is 394 g/mol. The first-order chi connectivity index (χ1) is 13.8. The molecule has 0 amide bonds. The number of aromatic amines is 1. The first-order valence-corrected chi connectivity index (χ1v) is 10.7. The van der Waals surface area contributed by atoms with Gasteiger partial charge in [0.2, 0.25) is 10.0 Å². The standard InChI is InChI=1S/C20H23N3O5S/c1-14(2)16-9-8-15(18(12-16)27-13-19-22-23-20(24)28-19)10-11-21-29(25,26)17-6-4-3-5-7-17/h3-9,12,14,21H,10-11,13H2,1-2H3,(H,23,24). The van der Waals surface area contributed by atoms with Crippen molar-refractivity contribution in [1.29, 1.82) is 0 Å². The summed E-state index contributed by atoms with van der Waals surface area (Å²) in [6.45, 7) is 4.34. The van der Waals surface area contributed by atoms with Crippen LogP contribution in [-0.2, 0) is 23.1 Å². The average molecular weight is 417 g/mol. The average Bonchev–Trinajstić information content (AvgIpc) is 3.12. The zero-order valence-corrected chi connectivity index (χ0v) is 17.0. The van der Waals surface area contributed by atoms with E-state index in [9.17, 15) is 13.2 Å². The van der Waals surface area contributed by atoms with E-state index in [1.807, 2.05) is 18.2 Å². The highest BCUT2D eigenvalue weighted by Gasteiger charge is 2.14. The van der Waals surface area contributed by atoms with Crippen molar-refractivity contribution in [3.05, 3.63) is 76.1 Å². The van der Waals surface area contributed by atoms with Gasteiger partial charge in [-0.1, -0.05) is 44.2 Å². The zero-order chi connectivity index (χ0) is 20.9. The van der Waals surface area contributed by atoms with E-state index in [4.69, 9.17) is 9.15 Å². The third kappa shape index (κ3) is 5.55. The first-order valence-electron chi connectivity index (χ1n) is 9.20. The molecule has 8 nitrogen and oxygen atoms in total. The molecule has 0 aliphatic rings. The van der Waals surface area contributed by atoms with Gasteiger partial charge in [-0.15, -0.1) is 5.10 Å². The third-order valence-electron chi connectivity index (χ3n) is 4.33. The van der Waals surface area contributed by atoms with E-state index < -0.39 is 15.8 Å². The highest BCUT2D eigenvalue weighted by atomic mass is 32.2. The van der Waals surface area contributed by atoms with Crippen LogP contribution in [-0.4, -0.2) is 25.2 Å². The van der Waals surface area contributed by atoms with Gasteiger partial charge in [-0.2, -0.15) is 0 Å². The van der Waals surface area contributed by atoms with Crippen LogP contribution in [0, 0.1) is 0 Å². The molecule has 3 rings (SSSR count). The molecule has 2 aromatic carbocycles. The van der Waals surface area contributed by atoms with E-state index in [0.717, 1.165) is 11.1 Å². The lowest BCUT2D eigenvalue weighted by Gasteiger charge is -2.14. The Bertz CT molecular complexity index is 1100. The second-order valence-corrected chi connectivity index (χ2v) is 8.55. The number of sulfonamides is 1. The number of aromatic nitrogens is 2. The predicted molar refractivity (Wildman–Crippen MR) is 107 cm³/mol. The molecule has 9 heteroatoms. The van der Waals surface area contributed by atoms with Crippen molar-refractivity contribution in [3.8, 4) is 5.75 Å². The van der Waals surface area contributed by atoms with Crippen molar-refractivity contribution in [2.75, 3.05) is 6.54 Å². The summed E-state index contributed by atoms with van der Waals surface area (Å²) in [4.78, 5) is 11.3. The Hall–Kier alpha value is -2.91. The Morgan fingerprint density at radius 1 is 1.17 bits per heavy atom. The SMILES string of the molecule is CC(C)c1ccc(CCNS(=O)(=O)c2ccccc2)c(OCc2n[nH]c(=O)o2)c1. The van der Waals surface area contributed by atoms with Crippen LogP contribution in [0.1, 0.15) is 36.8 Å². The number of hydrogen-bond donors (Lipinski definition) is 2. The van der Waals surface area contributed by atoms with Crippen LogP contribution < -0.4 is 15.2 Å². The summed E-state index contributed by atoms with van der Waals surface area (Å²) < 4.78 is 38.0. The molecule has 2 N–H and O–H groups in total. The number of nitrogens with zero attached hydrogens (tertiary/aromatic N) is 1. The normalized spacial score (nSPS) is 11.7. The van der Waals surface area contributed by atoms with Gasteiger partial charge in [0, 0.05) is 6.54 Å². The highest BCUT2D eigenvalue weighted by molar-refractivity contribution is 7.89. The molecule has 0 saturated heterocycles. The van der Waals surface area contributed by atoms with Gasteiger partial charge in [-0.25, -0.2) is 23.0 Å². The monoisotopic (exact) mass is 417 g/mol. The van der Waals surface area contributed by atoms with Gasteiger partial charge < -0.3 is 9.15 Å². The van der Waals surface area contributed by atoms with E-state index in [1.165, 1.54) is 0 Å². The summed E-state index contributed by atoms with van der Waals surface area (Å²) in [6, 6.07) is 14.0. The molecule has 0 bridgehead atoms. The lowest BCUT2D eigenvalue weighted by molar-refractivity contribution is 0.257. The third-order valence-corrected chi connectivity index (χ3v) is 5.81. The smallest absolute Gasteiger partial charge is 0.434 e. The van der Waals surface area contributed by atoms with Gasteiger partial charge >= 0.3 is 5.76 Å². The van der Waals surface area contributed by atoms with Gasteiger partial charge in [-0.3, -0.25) is 0 Å². The maximum atomic E-state index is 12.4. The topological polar surface area (TPSA) is 114 Å². The van der Waals surface area contributed by atoms with Gasteiger partial charge in [-0.05, 0) is 41.7 Å². The molecular formula is C20H23N3O5S. The Morgan fingerprint density at radius 2 is 1.93 bits per heavy atom. The molecule has 0 fully saturated rings. The van der Waals surface area contributed by atoms with Crippen molar-refractivity contribution in [1.82, 2.24) is 14.9 Å². The van der Waals surface area contributed by atoms with Gasteiger partial charge in [0.15, 0.2) is 6.61 Å². The van der Waals surface area contributed by atoms with Gasteiger partial charge in [0.1, 0.15) is 5.75 Å². The molecule has 0 atom stereocenters. The van der Waals surface area contributed by atoms with Crippen LogP contribution in [0.15, 0.2) is 62.6 Å². The molecule has 29 heavy (non-hydrogen) atoms. The molecule has 0 radical (unpaired) electrons. The van der Waals surface area contributed by atoms with Crippen LogP contribution in [0.2, 0.25) is 0 Å². The molecule has 0 spiro atoms. The van der Waals surface area contributed by atoms with E-state index >= 15 is 0 Å². The van der Waals surface area contributed by atoms with E-state index in [0.29, 0.717) is 18.1 Å². The van der Waals surface area contributed by atoms with Crippen LogP contribution in [0.4, 0.5) is 0 Å². The number of hydrogen-bond acceptors (Lipinski definition) is 6. The van der Waals surface area contributed by atoms with E-state index in [-0.39, 0.29) is 23.9 Å². The molecule has 154 valence electrons. The van der Waals surface area contributed by atoms with Crippen LogP contribution in [0.3, 0.4) is 0 Å².